The van der Waals surface area contributed by atoms with E-state index in [2.05, 4.69) is 16.8 Å². The number of unbranched alkanes of at least 4 members (excludes halogenated alkanes) is 1. The van der Waals surface area contributed by atoms with E-state index < -0.39 is 0 Å². The Morgan fingerprint density at radius 1 is 1.32 bits per heavy atom. The van der Waals surface area contributed by atoms with Crippen molar-refractivity contribution in [2.45, 2.75) is 26.2 Å². The molecule has 1 fully saturated rings. The van der Waals surface area contributed by atoms with Gasteiger partial charge in [0, 0.05) is 32.6 Å². The van der Waals surface area contributed by atoms with Gasteiger partial charge < -0.3 is 15.5 Å². The second-order valence-corrected chi connectivity index (χ2v) is 4.91. The van der Waals surface area contributed by atoms with E-state index in [-0.39, 0.29) is 5.91 Å². The summed E-state index contributed by atoms with van der Waals surface area (Å²) in [7, 11) is 0. The number of nitrogens with two attached hydrogens (primary N) is 1. The van der Waals surface area contributed by atoms with Crippen molar-refractivity contribution in [2.24, 2.45) is 0 Å². The van der Waals surface area contributed by atoms with Crippen LogP contribution in [0.25, 0.3) is 0 Å². The average Bonchev–Trinajstić information content (AvgIpc) is 2.46. The molecule has 1 amide bonds. The van der Waals surface area contributed by atoms with Crippen molar-refractivity contribution in [3.63, 3.8) is 0 Å². The van der Waals surface area contributed by atoms with Gasteiger partial charge >= 0.3 is 0 Å². The van der Waals surface area contributed by atoms with Gasteiger partial charge in [-0.1, -0.05) is 13.3 Å². The minimum Gasteiger partial charge on any atom is -0.384 e. The second-order valence-electron chi connectivity index (χ2n) is 4.91. The molecule has 0 spiro atoms. The number of pyridine rings is 1. The summed E-state index contributed by atoms with van der Waals surface area (Å²) in [5.74, 6) is 0.828. The summed E-state index contributed by atoms with van der Waals surface area (Å²) in [6, 6.07) is 3.80. The van der Waals surface area contributed by atoms with Crippen molar-refractivity contribution in [3.8, 4) is 0 Å². The number of carbonyl (C=O) groups is 1. The second kappa shape index (κ2) is 6.41. The molecule has 1 aliphatic rings. The third kappa shape index (κ3) is 3.59. The van der Waals surface area contributed by atoms with Gasteiger partial charge in [-0.2, -0.15) is 0 Å². The van der Waals surface area contributed by atoms with Crippen LogP contribution in [-0.4, -0.2) is 42.0 Å². The SMILES string of the molecule is CCCCC(=O)N1CCN(c2ccc(N)nc2)CC1. The van der Waals surface area contributed by atoms with Gasteiger partial charge in [0.25, 0.3) is 0 Å². The van der Waals surface area contributed by atoms with E-state index in [1.807, 2.05) is 17.0 Å². The Morgan fingerprint density at radius 3 is 2.63 bits per heavy atom. The maximum Gasteiger partial charge on any atom is 0.222 e. The first-order valence-electron chi connectivity index (χ1n) is 6.95. The molecule has 5 heteroatoms. The van der Waals surface area contributed by atoms with Crippen molar-refractivity contribution >= 4 is 17.4 Å². The van der Waals surface area contributed by atoms with Crippen LogP contribution in [-0.2, 0) is 4.79 Å². The molecule has 1 saturated heterocycles. The van der Waals surface area contributed by atoms with Gasteiger partial charge in [-0.15, -0.1) is 0 Å². The minimum atomic E-state index is 0.289. The van der Waals surface area contributed by atoms with Gasteiger partial charge in [-0.05, 0) is 18.6 Å². The largest absolute Gasteiger partial charge is 0.384 e. The number of nitrogen functional groups attached to an aromatic ring is 1. The number of carbonyl (C=O) groups excluding carboxylic acids is 1. The lowest BCUT2D eigenvalue weighted by atomic mass is 10.2. The fraction of sp³-hybridized carbons (Fsp3) is 0.571. The highest BCUT2D eigenvalue weighted by molar-refractivity contribution is 5.76. The van der Waals surface area contributed by atoms with Crippen molar-refractivity contribution in [2.75, 3.05) is 36.8 Å². The summed E-state index contributed by atoms with van der Waals surface area (Å²) in [6.45, 7) is 5.44. The average molecular weight is 262 g/mol. The van der Waals surface area contributed by atoms with E-state index in [1.165, 1.54) is 0 Å². The van der Waals surface area contributed by atoms with Gasteiger partial charge in [-0.3, -0.25) is 4.79 Å². The van der Waals surface area contributed by atoms with Crippen LogP contribution in [0.5, 0.6) is 0 Å². The molecule has 2 rings (SSSR count). The molecule has 104 valence electrons. The number of amides is 1. The molecule has 0 bridgehead atoms. The molecule has 0 aliphatic carbocycles. The third-order valence-corrected chi connectivity index (χ3v) is 3.51. The Bertz CT molecular complexity index is 410. The number of hydrogen-bond acceptors (Lipinski definition) is 4. The first kappa shape index (κ1) is 13.6. The highest BCUT2D eigenvalue weighted by Crippen LogP contribution is 2.16. The molecule has 0 aromatic carbocycles. The molecule has 1 aliphatic heterocycles. The van der Waals surface area contributed by atoms with Gasteiger partial charge in [0.15, 0.2) is 0 Å². The summed E-state index contributed by atoms with van der Waals surface area (Å²) in [5.41, 5.74) is 6.66. The molecule has 1 aromatic rings. The highest BCUT2D eigenvalue weighted by atomic mass is 16.2. The molecular formula is C14H22N4O. The fourth-order valence-electron chi connectivity index (χ4n) is 2.28. The zero-order valence-corrected chi connectivity index (χ0v) is 11.5. The zero-order chi connectivity index (χ0) is 13.7. The first-order chi connectivity index (χ1) is 9.20. The molecule has 2 N–H and O–H groups in total. The van der Waals surface area contributed by atoms with Crippen LogP contribution >= 0.6 is 0 Å². The summed E-state index contributed by atoms with van der Waals surface area (Å²) >= 11 is 0. The van der Waals surface area contributed by atoms with E-state index in [4.69, 9.17) is 5.73 Å². The quantitative estimate of drug-likeness (QED) is 0.893. The summed E-state index contributed by atoms with van der Waals surface area (Å²) in [4.78, 5) is 20.2. The lowest BCUT2D eigenvalue weighted by Crippen LogP contribution is -2.48. The number of hydrogen-bond donors (Lipinski definition) is 1. The van der Waals surface area contributed by atoms with Crippen LogP contribution in [0, 0.1) is 0 Å². The Hall–Kier alpha value is -1.78. The Labute approximate surface area is 114 Å². The Morgan fingerprint density at radius 2 is 2.05 bits per heavy atom. The normalized spacial score (nSPS) is 15.6. The fourth-order valence-corrected chi connectivity index (χ4v) is 2.28. The predicted molar refractivity (Wildman–Crippen MR) is 77.0 cm³/mol. The van der Waals surface area contributed by atoms with E-state index in [0.717, 1.165) is 44.7 Å². The summed E-state index contributed by atoms with van der Waals surface area (Å²) < 4.78 is 0. The van der Waals surface area contributed by atoms with E-state index in [0.29, 0.717) is 12.2 Å². The lowest BCUT2D eigenvalue weighted by Gasteiger charge is -2.36. The highest BCUT2D eigenvalue weighted by Gasteiger charge is 2.20. The van der Waals surface area contributed by atoms with Crippen LogP contribution in [0.3, 0.4) is 0 Å². The van der Waals surface area contributed by atoms with Crippen molar-refractivity contribution in [1.82, 2.24) is 9.88 Å². The molecular weight excluding hydrogens is 240 g/mol. The van der Waals surface area contributed by atoms with E-state index >= 15 is 0 Å². The first-order valence-corrected chi connectivity index (χ1v) is 6.95. The van der Waals surface area contributed by atoms with Crippen molar-refractivity contribution < 1.29 is 4.79 Å². The van der Waals surface area contributed by atoms with Crippen LogP contribution in [0.2, 0.25) is 0 Å². The zero-order valence-electron chi connectivity index (χ0n) is 11.5. The van der Waals surface area contributed by atoms with Crippen molar-refractivity contribution in [1.29, 1.82) is 0 Å². The smallest absolute Gasteiger partial charge is 0.222 e. The summed E-state index contributed by atoms with van der Waals surface area (Å²) in [6.07, 6.45) is 4.54. The van der Waals surface area contributed by atoms with E-state index in [9.17, 15) is 4.79 Å². The molecule has 0 atom stereocenters. The molecule has 0 radical (unpaired) electrons. The molecule has 19 heavy (non-hydrogen) atoms. The topological polar surface area (TPSA) is 62.5 Å². The van der Waals surface area contributed by atoms with Crippen LogP contribution in [0.1, 0.15) is 26.2 Å². The van der Waals surface area contributed by atoms with Crippen LogP contribution in [0.4, 0.5) is 11.5 Å². The van der Waals surface area contributed by atoms with Crippen molar-refractivity contribution in [3.05, 3.63) is 18.3 Å². The number of nitrogens with zero attached hydrogens (tertiary/aromatic N) is 3. The minimum absolute atomic E-state index is 0.289. The summed E-state index contributed by atoms with van der Waals surface area (Å²) in [5, 5.41) is 0. The number of piperazine rings is 1. The molecule has 0 saturated carbocycles. The van der Waals surface area contributed by atoms with E-state index in [1.54, 1.807) is 6.20 Å². The van der Waals surface area contributed by atoms with Gasteiger partial charge in [0.2, 0.25) is 5.91 Å². The van der Waals surface area contributed by atoms with Crippen LogP contribution in [0.15, 0.2) is 18.3 Å². The van der Waals surface area contributed by atoms with Gasteiger partial charge in [-0.25, -0.2) is 4.98 Å². The molecule has 5 nitrogen and oxygen atoms in total. The molecule has 0 unspecified atom stereocenters. The van der Waals surface area contributed by atoms with Crippen LogP contribution < -0.4 is 10.6 Å². The monoisotopic (exact) mass is 262 g/mol. The number of anilines is 2. The Kier molecular flexibility index (Phi) is 4.60. The lowest BCUT2D eigenvalue weighted by molar-refractivity contribution is -0.131. The third-order valence-electron chi connectivity index (χ3n) is 3.51. The standard InChI is InChI=1S/C14H22N4O/c1-2-3-4-14(19)18-9-7-17(8-10-18)12-5-6-13(15)16-11-12/h5-6,11H,2-4,7-10H2,1H3,(H2,15,16). The molecule has 1 aromatic heterocycles. The number of aromatic nitrogens is 1. The van der Waals surface area contributed by atoms with Gasteiger partial charge in [0.05, 0.1) is 11.9 Å². The Balaban J connectivity index is 1.85. The predicted octanol–water partition coefficient (Wildman–Crippen LogP) is 1.50. The maximum atomic E-state index is 11.9. The van der Waals surface area contributed by atoms with Gasteiger partial charge in [0.1, 0.15) is 5.82 Å². The molecule has 2 heterocycles. The maximum absolute atomic E-state index is 11.9. The number of rotatable bonds is 4.